The zero-order chi connectivity index (χ0) is 14.5. The zero-order valence-electron chi connectivity index (χ0n) is 10.7. The predicted octanol–water partition coefficient (Wildman–Crippen LogP) is 2.81. The van der Waals surface area contributed by atoms with E-state index in [4.69, 9.17) is 16.3 Å². The highest BCUT2D eigenvalue weighted by Gasteiger charge is 2.14. The molecule has 0 bridgehead atoms. The summed E-state index contributed by atoms with van der Waals surface area (Å²) < 4.78 is 18.0. The predicted molar refractivity (Wildman–Crippen MR) is 73.4 cm³/mol. The van der Waals surface area contributed by atoms with Crippen LogP contribution in [0.2, 0.25) is 5.02 Å². The van der Waals surface area contributed by atoms with E-state index < -0.39 is 0 Å². The fourth-order valence-electron chi connectivity index (χ4n) is 1.68. The number of nitrogens with one attached hydrogen (secondary N) is 1. The molecule has 1 amide bonds. The van der Waals surface area contributed by atoms with Crippen LogP contribution >= 0.6 is 11.6 Å². The molecule has 2 aromatic rings. The van der Waals surface area contributed by atoms with E-state index in [-0.39, 0.29) is 29.7 Å². The Morgan fingerprint density at radius 2 is 2.25 bits per heavy atom. The van der Waals surface area contributed by atoms with Gasteiger partial charge in [0.2, 0.25) is 5.88 Å². The van der Waals surface area contributed by atoms with Crippen LogP contribution in [0.4, 0.5) is 4.39 Å². The van der Waals surface area contributed by atoms with Crippen molar-refractivity contribution in [2.45, 2.75) is 6.54 Å². The van der Waals surface area contributed by atoms with Gasteiger partial charge in [0.05, 0.1) is 12.1 Å². The van der Waals surface area contributed by atoms with Crippen LogP contribution in [-0.2, 0) is 6.54 Å². The Kier molecular flexibility index (Phi) is 4.53. The van der Waals surface area contributed by atoms with E-state index in [9.17, 15) is 9.18 Å². The lowest BCUT2D eigenvalue weighted by molar-refractivity contribution is 0.0947. The van der Waals surface area contributed by atoms with Crippen molar-refractivity contribution in [3.63, 3.8) is 0 Å². The number of aromatic nitrogens is 1. The standard InChI is InChI=1S/C14H12ClFN2O2/c1-20-14-12(6-10(15)8-18-14)13(19)17-7-9-3-2-4-11(16)5-9/h2-6,8H,7H2,1H3,(H,17,19). The third kappa shape index (κ3) is 3.45. The maximum atomic E-state index is 13.0. The van der Waals surface area contributed by atoms with Crippen molar-refractivity contribution in [3.8, 4) is 5.88 Å². The lowest BCUT2D eigenvalue weighted by Crippen LogP contribution is -2.23. The number of pyridine rings is 1. The van der Waals surface area contributed by atoms with Gasteiger partial charge in [-0.1, -0.05) is 23.7 Å². The summed E-state index contributed by atoms with van der Waals surface area (Å²) in [4.78, 5) is 16.0. The number of carbonyl (C=O) groups is 1. The van der Waals surface area contributed by atoms with Crippen LogP contribution in [0.5, 0.6) is 5.88 Å². The molecule has 20 heavy (non-hydrogen) atoms. The number of rotatable bonds is 4. The summed E-state index contributed by atoms with van der Waals surface area (Å²) >= 11 is 5.81. The number of amides is 1. The summed E-state index contributed by atoms with van der Waals surface area (Å²) in [6.07, 6.45) is 1.39. The Morgan fingerprint density at radius 1 is 1.45 bits per heavy atom. The Balaban J connectivity index is 2.10. The molecule has 1 aromatic carbocycles. The number of benzene rings is 1. The number of halogens is 2. The van der Waals surface area contributed by atoms with Crippen LogP contribution in [0, 0.1) is 5.82 Å². The van der Waals surface area contributed by atoms with Crippen molar-refractivity contribution in [1.82, 2.24) is 10.3 Å². The van der Waals surface area contributed by atoms with E-state index in [1.165, 1.54) is 31.5 Å². The molecule has 0 atom stereocenters. The molecule has 6 heteroatoms. The summed E-state index contributed by atoms with van der Waals surface area (Å²) in [6.45, 7) is 0.201. The second kappa shape index (κ2) is 6.34. The molecule has 0 unspecified atom stereocenters. The van der Waals surface area contributed by atoms with Crippen molar-refractivity contribution in [3.05, 3.63) is 58.5 Å². The molecule has 0 aliphatic heterocycles. The molecule has 1 aromatic heterocycles. The van der Waals surface area contributed by atoms with Gasteiger partial charge in [-0.05, 0) is 23.8 Å². The normalized spacial score (nSPS) is 10.2. The second-order valence-corrected chi connectivity index (χ2v) is 4.46. The minimum absolute atomic E-state index is 0.186. The van der Waals surface area contributed by atoms with Crippen LogP contribution in [0.1, 0.15) is 15.9 Å². The van der Waals surface area contributed by atoms with Crippen LogP contribution in [0.3, 0.4) is 0 Å². The van der Waals surface area contributed by atoms with Gasteiger partial charge in [-0.2, -0.15) is 0 Å². The first-order valence-corrected chi connectivity index (χ1v) is 6.20. The van der Waals surface area contributed by atoms with Gasteiger partial charge in [-0.3, -0.25) is 4.79 Å². The van der Waals surface area contributed by atoms with Gasteiger partial charge in [0, 0.05) is 12.7 Å². The van der Waals surface area contributed by atoms with Gasteiger partial charge in [-0.25, -0.2) is 9.37 Å². The summed E-state index contributed by atoms with van der Waals surface area (Å²) in [5, 5.41) is 3.00. The molecular weight excluding hydrogens is 283 g/mol. The maximum Gasteiger partial charge on any atom is 0.257 e. The highest BCUT2D eigenvalue weighted by atomic mass is 35.5. The lowest BCUT2D eigenvalue weighted by atomic mass is 10.2. The van der Waals surface area contributed by atoms with Crippen molar-refractivity contribution < 1.29 is 13.9 Å². The van der Waals surface area contributed by atoms with E-state index in [1.807, 2.05) is 0 Å². The van der Waals surface area contributed by atoms with E-state index in [0.29, 0.717) is 10.6 Å². The van der Waals surface area contributed by atoms with E-state index >= 15 is 0 Å². The van der Waals surface area contributed by atoms with Gasteiger partial charge in [0.1, 0.15) is 11.4 Å². The van der Waals surface area contributed by atoms with Crippen molar-refractivity contribution >= 4 is 17.5 Å². The topological polar surface area (TPSA) is 51.2 Å². The monoisotopic (exact) mass is 294 g/mol. The number of nitrogens with zero attached hydrogens (tertiary/aromatic N) is 1. The second-order valence-electron chi connectivity index (χ2n) is 4.02. The average Bonchev–Trinajstić information content (AvgIpc) is 2.45. The van der Waals surface area contributed by atoms with Crippen LogP contribution in [-0.4, -0.2) is 18.0 Å². The maximum absolute atomic E-state index is 13.0. The number of carbonyl (C=O) groups excluding carboxylic acids is 1. The Hall–Kier alpha value is -2.14. The van der Waals surface area contributed by atoms with Gasteiger partial charge < -0.3 is 10.1 Å². The first-order valence-electron chi connectivity index (χ1n) is 5.82. The Morgan fingerprint density at radius 3 is 2.95 bits per heavy atom. The fraction of sp³-hybridized carbons (Fsp3) is 0.143. The van der Waals surface area contributed by atoms with E-state index in [1.54, 1.807) is 12.1 Å². The molecule has 0 spiro atoms. The number of hydrogen-bond acceptors (Lipinski definition) is 3. The quantitative estimate of drug-likeness (QED) is 0.943. The first kappa shape index (κ1) is 14.3. The number of ether oxygens (including phenoxy) is 1. The third-order valence-corrected chi connectivity index (χ3v) is 2.80. The largest absolute Gasteiger partial charge is 0.480 e. The fourth-order valence-corrected chi connectivity index (χ4v) is 1.83. The smallest absolute Gasteiger partial charge is 0.257 e. The molecule has 1 N–H and O–H groups in total. The average molecular weight is 295 g/mol. The molecule has 0 saturated heterocycles. The molecule has 0 aliphatic rings. The van der Waals surface area contributed by atoms with Crippen molar-refractivity contribution in [1.29, 1.82) is 0 Å². The van der Waals surface area contributed by atoms with Gasteiger partial charge in [0.25, 0.3) is 5.91 Å². The molecule has 0 radical (unpaired) electrons. The minimum atomic E-state index is -0.388. The first-order chi connectivity index (χ1) is 9.60. The van der Waals surface area contributed by atoms with Gasteiger partial charge in [-0.15, -0.1) is 0 Å². The van der Waals surface area contributed by atoms with E-state index in [2.05, 4.69) is 10.3 Å². The highest BCUT2D eigenvalue weighted by Crippen LogP contribution is 2.19. The summed E-state index contributed by atoms with van der Waals surface area (Å²) in [7, 11) is 1.42. The molecule has 104 valence electrons. The van der Waals surface area contributed by atoms with Crippen molar-refractivity contribution in [2.75, 3.05) is 7.11 Å². The minimum Gasteiger partial charge on any atom is -0.480 e. The number of methoxy groups -OCH3 is 1. The summed E-state index contributed by atoms with van der Waals surface area (Å²) in [5.74, 6) is -0.550. The Labute approximate surface area is 120 Å². The third-order valence-electron chi connectivity index (χ3n) is 2.60. The molecular formula is C14H12ClFN2O2. The Bertz CT molecular complexity index is 634. The zero-order valence-corrected chi connectivity index (χ0v) is 11.4. The van der Waals surface area contributed by atoms with Crippen LogP contribution in [0.25, 0.3) is 0 Å². The molecule has 4 nitrogen and oxygen atoms in total. The van der Waals surface area contributed by atoms with Crippen LogP contribution < -0.4 is 10.1 Å². The van der Waals surface area contributed by atoms with Gasteiger partial charge >= 0.3 is 0 Å². The van der Waals surface area contributed by atoms with Gasteiger partial charge in [0.15, 0.2) is 0 Å². The molecule has 0 aliphatic carbocycles. The van der Waals surface area contributed by atoms with E-state index in [0.717, 1.165) is 0 Å². The molecule has 2 rings (SSSR count). The highest BCUT2D eigenvalue weighted by molar-refractivity contribution is 6.30. The SMILES string of the molecule is COc1ncc(Cl)cc1C(=O)NCc1cccc(F)c1. The number of hydrogen-bond donors (Lipinski definition) is 1. The molecule has 1 heterocycles. The molecule has 0 saturated carbocycles. The summed E-state index contributed by atoms with van der Waals surface area (Å²) in [5.41, 5.74) is 0.892. The van der Waals surface area contributed by atoms with Crippen molar-refractivity contribution in [2.24, 2.45) is 0 Å². The lowest BCUT2D eigenvalue weighted by Gasteiger charge is -2.09. The van der Waals surface area contributed by atoms with Crippen LogP contribution in [0.15, 0.2) is 36.5 Å². The summed E-state index contributed by atoms with van der Waals surface area (Å²) in [6, 6.07) is 7.46. The molecule has 0 fully saturated rings.